The largest absolute Gasteiger partial charge is 0.489 e. The van der Waals surface area contributed by atoms with E-state index in [2.05, 4.69) is 48.4 Å². The van der Waals surface area contributed by atoms with Gasteiger partial charge in [-0.1, -0.05) is 19.9 Å². The number of piperidine rings is 1. The molecule has 3 heteroatoms. The van der Waals surface area contributed by atoms with Gasteiger partial charge in [0.25, 0.3) is 0 Å². The first-order valence-electron chi connectivity index (χ1n) is 8.17. The Labute approximate surface area is 132 Å². The van der Waals surface area contributed by atoms with Gasteiger partial charge in [-0.25, -0.2) is 0 Å². The van der Waals surface area contributed by atoms with Crippen LogP contribution in [0.2, 0.25) is 0 Å². The smallest absolute Gasteiger partial charge is 0.120 e. The second-order valence-electron chi connectivity index (χ2n) is 6.20. The fraction of sp³-hybridized carbons (Fsp3) is 0.421. The zero-order chi connectivity index (χ0) is 15.4. The molecule has 1 unspecified atom stereocenters. The van der Waals surface area contributed by atoms with Crippen molar-refractivity contribution in [1.82, 2.24) is 10.3 Å². The van der Waals surface area contributed by atoms with Crippen molar-refractivity contribution in [2.45, 2.75) is 38.7 Å². The maximum atomic E-state index is 6.15. The molecule has 1 saturated heterocycles. The Morgan fingerprint density at radius 2 is 2.14 bits per heavy atom. The Hall–Kier alpha value is -1.87. The molecule has 0 saturated carbocycles. The first-order valence-corrected chi connectivity index (χ1v) is 8.17. The normalized spacial score (nSPS) is 18.4. The molecule has 1 aromatic heterocycles. The monoisotopic (exact) mass is 296 g/mol. The topological polar surface area (TPSA) is 34.1 Å². The molecule has 2 aromatic rings. The molecule has 0 radical (unpaired) electrons. The molecule has 1 N–H and O–H groups in total. The van der Waals surface area contributed by atoms with E-state index in [9.17, 15) is 0 Å². The summed E-state index contributed by atoms with van der Waals surface area (Å²) in [5.74, 6) is 1.40. The summed E-state index contributed by atoms with van der Waals surface area (Å²) in [4.78, 5) is 4.49. The quantitative estimate of drug-likeness (QED) is 0.926. The molecule has 1 fully saturated rings. The van der Waals surface area contributed by atoms with Gasteiger partial charge in [-0.15, -0.1) is 0 Å². The summed E-state index contributed by atoms with van der Waals surface area (Å²) >= 11 is 0. The maximum Gasteiger partial charge on any atom is 0.120 e. The fourth-order valence-electron chi connectivity index (χ4n) is 2.96. The second kappa shape index (κ2) is 6.93. The van der Waals surface area contributed by atoms with Crippen LogP contribution in [0.3, 0.4) is 0 Å². The highest BCUT2D eigenvalue weighted by atomic mass is 16.5. The van der Waals surface area contributed by atoms with E-state index in [1.165, 1.54) is 17.5 Å². The van der Waals surface area contributed by atoms with Crippen molar-refractivity contribution in [2.24, 2.45) is 0 Å². The van der Waals surface area contributed by atoms with Crippen molar-refractivity contribution in [1.29, 1.82) is 0 Å². The first-order chi connectivity index (χ1) is 10.7. The molecule has 1 aliphatic rings. The summed E-state index contributed by atoms with van der Waals surface area (Å²) in [5.41, 5.74) is 3.52. The minimum Gasteiger partial charge on any atom is -0.489 e. The summed E-state index contributed by atoms with van der Waals surface area (Å²) in [7, 11) is 0. The van der Waals surface area contributed by atoms with Crippen molar-refractivity contribution in [3.05, 3.63) is 48.2 Å². The van der Waals surface area contributed by atoms with Gasteiger partial charge >= 0.3 is 0 Å². The van der Waals surface area contributed by atoms with Crippen LogP contribution in [0, 0.1) is 0 Å². The van der Waals surface area contributed by atoms with Crippen LogP contribution in [0.15, 0.2) is 42.6 Å². The number of benzene rings is 1. The number of pyridine rings is 1. The number of aromatic nitrogens is 1. The predicted octanol–water partition coefficient (Wildman–Crippen LogP) is 4.00. The van der Waals surface area contributed by atoms with Crippen LogP contribution < -0.4 is 10.1 Å². The molecule has 1 atom stereocenters. The molecule has 3 rings (SSSR count). The van der Waals surface area contributed by atoms with Crippen LogP contribution >= 0.6 is 0 Å². The van der Waals surface area contributed by atoms with Crippen LogP contribution in [0.25, 0.3) is 11.3 Å². The van der Waals surface area contributed by atoms with E-state index in [-0.39, 0.29) is 6.10 Å². The Morgan fingerprint density at radius 3 is 2.82 bits per heavy atom. The van der Waals surface area contributed by atoms with E-state index >= 15 is 0 Å². The molecule has 0 bridgehead atoms. The van der Waals surface area contributed by atoms with Crippen molar-refractivity contribution in [3.63, 3.8) is 0 Å². The van der Waals surface area contributed by atoms with Crippen LogP contribution in [0.5, 0.6) is 5.75 Å². The second-order valence-corrected chi connectivity index (χ2v) is 6.20. The summed E-state index contributed by atoms with van der Waals surface area (Å²) in [6.45, 7) is 6.48. The van der Waals surface area contributed by atoms with Gasteiger partial charge < -0.3 is 10.1 Å². The number of nitrogens with zero attached hydrogens (tertiary/aromatic N) is 1. The lowest BCUT2D eigenvalue weighted by atomic mass is 9.94. The van der Waals surface area contributed by atoms with Crippen molar-refractivity contribution < 1.29 is 4.74 Å². The third kappa shape index (κ3) is 3.47. The molecule has 0 aliphatic carbocycles. The van der Waals surface area contributed by atoms with Gasteiger partial charge in [0.15, 0.2) is 0 Å². The van der Waals surface area contributed by atoms with Crippen LogP contribution in [0.4, 0.5) is 0 Å². The van der Waals surface area contributed by atoms with E-state index in [0.717, 1.165) is 31.0 Å². The van der Waals surface area contributed by atoms with Gasteiger partial charge in [-0.3, -0.25) is 4.98 Å². The Kier molecular flexibility index (Phi) is 4.74. The van der Waals surface area contributed by atoms with Gasteiger partial charge in [0.2, 0.25) is 0 Å². The van der Waals surface area contributed by atoms with Crippen molar-refractivity contribution in [2.75, 3.05) is 13.1 Å². The number of hydrogen-bond donors (Lipinski definition) is 1. The van der Waals surface area contributed by atoms with Crippen LogP contribution in [-0.2, 0) is 0 Å². The minimum absolute atomic E-state index is 0.287. The lowest BCUT2D eigenvalue weighted by molar-refractivity contribution is 0.167. The van der Waals surface area contributed by atoms with Crippen LogP contribution in [-0.4, -0.2) is 24.2 Å². The standard InChI is InChI=1S/C19H24N2O/c1-14(2)18-12-15(22-16-6-5-10-20-13-16)8-9-17(18)19-7-3-4-11-21-19/h3-4,7-9,11-12,14,16,20H,5-6,10,13H2,1-2H3. The van der Waals surface area contributed by atoms with Gasteiger partial charge in [0.05, 0.1) is 5.69 Å². The Balaban J connectivity index is 1.87. The minimum atomic E-state index is 0.287. The van der Waals surface area contributed by atoms with Crippen molar-refractivity contribution >= 4 is 0 Å². The van der Waals surface area contributed by atoms with E-state index in [1.807, 2.05) is 18.3 Å². The highest BCUT2D eigenvalue weighted by Crippen LogP contribution is 2.31. The number of ether oxygens (including phenoxy) is 1. The molecule has 2 heterocycles. The zero-order valence-corrected chi connectivity index (χ0v) is 13.4. The summed E-state index contributed by atoms with van der Waals surface area (Å²) in [6, 6.07) is 12.4. The average Bonchev–Trinajstić information content (AvgIpc) is 2.56. The van der Waals surface area contributed by atoms with E-state index < -0.39 is 0 Å². The Morgan fingerprint density at radius 1 is 1.23 bits per heavy atom. The van der Waals surface area contributed by atoms with E-state index in [1.54, 1.807) is 0 Å². The summed E-state index contributed by atoms with van der Waals surface area (Å²) < 4.78 is 6.15. The molecular formula is C19H24N2O. The maximum absolute atomic E-state index is 6.15. The fourth-order valence-corrected chi connectivity index (χ4v) is 2.96. The molecular weight excluding hydrogens is 272 g/mol. The Bertz CT molecular complexity index is 604. The van der Waals surface area contributed by atoms with Gasteiger partial charge in [0.1, 0.15) is 11.9 Å². The van der Waals surface area contributed by atoms with Gasteiger partial charge in [-0.2, -0.15) is 0 Å². The molecule has 0 spiro atoms. The van der Waals surface area contributed by atoms with E-state index in [4.69, 9.17) is 4.74 Å². The highest BCUT2D eigenvalue weighted by molar-refractivity contribution is 5.65. The van der Waals surface area contributed by atoms with Gasteiger partial charge in [0, 0.05) is 18.3 Å². The summed E-state index contributed by atoms with van der Waals surface area (Å²) in [6.07, 6.45) is 4.45. The predicted molar refractivity (Wildman–Crippen MR) is 90.3 cm³/mol. The lowest BCUT2D eigenvalue weighted by Gasteiger charge is -2.25. The molecule has 22 heavy (non-hydrogen) atoms. The lowest BCUT2D eigenvalue weighted by Crippen LogP contribution is -2.37. The van der Waals surface area contributed by atoms with E-state index in [0.29, 0.717) is 5.92 Å². The number of hydrogen-bond acceptors (Lipinski definition) is 3. The molecule has 1 aromatic carbocycles. The highest BCUT2D eigenvalue weighted by Gasteiger charge is 2.16. The summed E-state index contributed by atoms with van der Waals surface area (Å²) in [5, 5.41) is 3.39. The first kappa shape index (κ1) is 15.0. The zero-order valence-electron chi connectivity index (χ0n) is 13.4. The molecule has 0 amide bonds. The van der Waals surface area contributed by atoms with Crippen molar-refractivity contribution in [3.8, 4) is 17.0 Å². The molecule has 1 aliphatic heterocycles. The molecule has 116 valence electrons. The third-order valence-corrected chi connectivity index (χ3v) is 4.14. The van der Waals surface area contributed by atoms with Crippen LogP contribution in [0.1, 0.15) is 38.2 Å². The third-order valence-electron chi connectivity index (χ3n) is 4.14. The number of rotatable bonds is 4. The molecule has 3 nitrogen and oxygen atoms in total. The number of nitrogens with one attached hydrogen (secondary N) is 1. The SMILES string of the molecule is CC(C)c1cc(OC2CCCNC2)ccc1-c1ccccn1. The van der Waals surface area contributed by atoms with Gasteiger partial charge in [-0.05, 0) is 61.2 Å². The average molecular weight is 296 g/mol.